The highest BCUT2D eigenvalue weighted by atomic mass is 127. The van der Waals surface area contributed by atoms with Crippen LogP contribution in [0.1, 0.15) is 39.2 Å². The highest BCUT2D eigenvalue weighted by Crippen LogP contribution is 2.47. The second-order valence-electron chi connectivity index (χ2n) is 6.80. The zero-order chi connectivity index (χ0) is 16.9. The minimum absolute atomic E-state index is 0. The van der Waals surface area contributed by atoms with Gasteiger partial charge in [0.15, 0.2) is 5.96 Å². The number of hydrogen-bond acceptors (Lipinski definition) is 2. The Hall–Kier alpha value is -0.890. The first-order chi connectivity index (χ1) is 10.9. The zero-order valence-electron chi connectivity index (χ0n) is 15.0. The van der Waals surface area contributed by atoms with Crippen molar-refractivity contribution in [2.45, 2.75) is 44.6 Å². The van der Waals surface area contributed by atoms with Crippen molar-refractivity contribution >= 4 is 29.9 Å². The molecule has 6 heteroatoms. The number of aliphatic imine (C=N–C) groups is 1. The predicted molar refractivity (Wildman–Crippen MR) is 108 cm³/mol. The summed E-state index contributed by atoms with van der Waals surface area (Å²) in [7, 11) is 1.70. The minimum Gasteiger partial charge on any atom is -0.377 e. The van der Waals surface area contributed by atoms with Gasteiger partial charge in [0.2, 0.25) is 0 Å². The first kappa shape index (κ1) is 21.2. The van der Waals surface area contributed by atoms with E-state index in [1.165, 1.54) is 17.7 Å². The van der Waals surface area contributed by atoms with Crippen LogP contribution < -0.4 is 10.6 Å². The van der Waals surface area contributed by atoms with Crippen molar-refractivity contribution in [3.63, 3.8) is 0 Å². The fourth-order valence-electron chi connectivity index (χ4n) is 2.45. The molecule has 1 aliphatic carbocycles. The molecule has 1 fully saturated rings. The third kappa shape index (κ3) is 5.88. The van der Waals surface area contributed by atoms with Crippen molar-refractivity contribution in [3.8, 4) is 0 Å². The average molecular weight is 449 g/mol. The molecule has 0 saturated heterocycles. The Kier molecular flexibility index (Phi) is 7.92. The summed E-state index contributed by atoms with van der Waals surface area (Å²) in [6, 6.07) is 6.86. The van der Waals surface area contributed by atoms with Crippen molar-refractivity contribution in [1.29, 1.82) is 0 Å². The highest BCUT2D eigenvalue weighted by Gasteiger charge is 2.44. The molecule has 136 valence electrons. The van der Waals surface area contributed by atoms with Gasteiger partial charge in [-0.05, 0) is 51.3 Å². The van der Waals surface area contributed by atoms with Gasteiger partial charge in [-0.15, -0.1) is 24.0 Å². The van der Waals surface area contributed by atoms with E-state index in [4.69, 9.17) is 4.74 Å². The van der Waals surface area contributed by atoms with Crippen molar-refractivity contribution in [2.75, 3.05) is 26.7 Å². The molecule has 1 aromatic rings. The van der Waals surface area contributed by atoms with Gasteiger partial charge in [0, 0.05) is 25.6 Å². The normalized spacial score (nSPS) is 16.3. The summed E-state index contributed by atoms with van der Waals surface area (Å²) < 4.78 is 18.5. The molecule has 2 rings (SSSR count). The third-order valence-corrected chi connectivity index (χ3v) is 4.42. The lowest BCUT2D eigenvalue weighted by Crippen LogP contribution is -2.42. The standard InChI is InChI=1S/C18H28FN3O.HI/c1-5-20-16(21-12-17(2,3)23-4)22-13-18(10-11-18)14-6-8-15(19)9-7-14;/h6-9H,5,10-13H2,1-4H3,(H2,20,21,22);1H. The van der Waals surface area contributed by atoms with Crippen LogP contribution in [0.5, 0.6) is 0 Å². The van der Waals surface area contributed by atoms with E-state index in [0.717, 1.165) is 31.9 Å². The Morgan fingerprint density at radius 2 is 1.88 bits per heavy atom. The summed E-state index contributed by atoms with van der Waals surface area (Å²) in [6.07, 6.45) is 2.24. The summed E-state index contributed by atoms with van der Waals surface area (Å²) in [5.74, 6) is 0.611. The molecule has 0 spiro atoms. The molecule has 2 N–H and O–H groups in total. The second-order valence-corrected chi connectivity index (χ2v) is 6.80. The molecule has 0 atom stereocenters. The molecule has 4 nitrogen and oxygen atoms in total. The lowest BCUT2D eigenvalue weighted by molar-refractivity contribution is 0.0310. The number of hydrogen-bond donors (Lipinski definition) is 2. The van der Waals surface area contributed by atoms with Crippen molar-refractivity contribution in [3.05, 3.63) is 35.6 Å². The molecule has 0 heterocycles. The van der Waals surface area contributed by atoms with Crippen LogP contribution in [0.2, 0.25) is 0 Å². The van der Waals surface area contributed by atoms with E-state index in [-0.39, 0.29) is 40.8 Å². The van der Waals surface area contributed by atoms with E-state index in [1.807, 2.05) is 32.9 Å². The Morgan fingerprint density at radius 3 is 2.38 bits per heavy atom. The molecule has 1 aromatic carbocycles. The molecule has 1 saturated carbocycles. The number of ether oxygens (including phenoxy) is 1. The van der Waals surface area contributed by atoms with E-state index in [9.17, 15) is 4.39 Å². The summed E-state index contributed by atoms with van der Waals surface area (Å²) in [5.41, 5.74) is 1.02. The number of nitrogens with zero attached hydrogens (tertiary/aromatic N) is 1. The minimum atomic E-state index is -0.281. The van der Waals surface area contributed by atoms with Gasteiger partial charge >= 0.3 is 0 Å². The van der Waals surface area contributed by atoms with E-state index < -0.39 is 0 Å². The van der Waals surface area contributed by atoms with Crippen LogP contribution in [0.15, 0.2) is 29.3 Å². The average Bonchev–Trinajstić information content (AvgIpc) is 3.32. The zero-order valence-corrected chi connectivity index (χ0v) is 17.3. The maximum atomic E-state index is 13.1. The maximum absolute atomic E-state index is 13.1. The van der Waals surface area contributed by atoms with Crippen LogP contribution in [0.25, 0.3) is 0 Å². The maximum Gasteiger partial charge on any atom is 0.191 e. The van der Waals surface area contributed by atoms with Gasteiger partial charge in [0.05, 0.1) is 12.1 Å². The predicted octanol–water partition coefficient (Wildman–Crippen LogP) is 3.46. The monoisotopic (exact) mass is 449 g/mol. The molecular formula is C18H29FIN3O. The van der Waals surface area contributed by atoms with Gasteiger partial charge in [-0.2, -0.15) is 0 Å². The molecule has 0 radical (unpaired) electrons. The van der Waals surface area contributed by atoms with Gasteiger partial charge in [0.1, 0.15) is 5.82 Å². The molecule has 0 unspecified atom stereocenters. The first-order valence-electron chi connectivity index (χ1n) is 8.24. The van der Waals surface area contributed by atoms with Crippen LogP contribution in [-0.2, 0) is 10.2 Å². The molecule has 1 aliphatic rings. The third-order valence-electron chi connectivity index (χ3n) is 4.42. The lowest BCUT2D eigenvalue weighted by Gasteiger charge is -2.22. The van der Waals surface area contributed by atoms with Gasteiger partial charge in [-0.25, -0.2) is 4.39 Å². The number of halogens is 2. The topological polar surface area (TPSA) is 45.7 Å². The fraction of sp³-hybridized carbons (Fsp3) is 0.611. The van der Waals surface area contributed by atoms with Crippen LogP contribution in [0, 0.1) is 5.82 Å². The number of guanidine groups is 1. The van der Waals surface area contributed by atoms with Gasteiger partial charge in [0.25, 0.3) is 0 Å². The summed E-state index contributed by atoms with van der Waals surface area (Å²) in [6.45, 7) is 8.27. The van der Waals surface area contributed by atoms with E-state index in [2.05, 4.69) is 15.6 Å². The van der Waals surface area contributed by atoms with Crippen LogP contribution in [0.3, 0.4) is 0 Å². The highest BCUT2D eigenvalue weighted by molar-refractivity contribution is 14.0. The smallest absolute Gasteiger partial charge is 0.191 e. The number of nitrogens with one attached hydrogen (secondary N) is 2. The molecular weight excluding hydrogens is 420 g/mol. The van der Waals surface area contributed by atoms with Crippen LogP contribution in [-0.4, -0.2) is 38.3 Å². The van der Waals surface area contributed by atoms with Crippen molar-refractivity contribution < 1.29 is 9.13 Å². The summed E-state index contributed by atoms with van der Waals surface area (Å²) >= 11 is 0. The number of benzene rings is 1. The molecule has 0 bridgehead atoms. The van der Waals surface area contributed by atoms with Crippen LogP contribution in [0.4, 0.5) is 4.39 Å². The van der Waals surface area contributed by atoms with E-state index in [0.29, 0.717) is 6.54 Å². The SMILES string of the molecule is CCNC(=NCC(C)(C)OC)NCC1(c2ccc(F)cc2)CC1.I. The second kappa shape index (κ2) is 8.99. The molecule has 24 heavy (non-hydrogen) atoms. The summed E-state index contributed by atoms with van der Waals surface area (Å²) in [5, 5.41) is 6.69. The Bertz CT molecular complexity index is 542. The Morgan fingerprint density at radius 1 is 1.25 bits per heavy atom. The number of rotatable bonds is 7. The molecule has 0 aromatic heterocycles. The number of methoxy groups -OCH3 is 1. The lowest BCUT2D eigenvalue weighted by atomic mass is 9.96. The van der Waals surface area contributed by atoms with Crippen LogP contribution >= 0.6 is 24.0 Å². The molecule has 0 amide bonds. The quantitative estimate of drug-likeness (QED) is 0.381. The summed E-state index contributed by atoms with van der Waals surface area (Å²) in [4.78, 5) is 4.60. The molecule has 0 aliphatic heterocycles. The largest absolute Gasteiger partial charge is 0.377 e. The van der Waals surface area contributed by atoms with Gasteiger partial charge in [-0.1, -0.05) is 12.1 Å². The Balaban J connectivity index is 0.00000288. The van der Waals surface area contributed by atoms with Gasteiger partial charge < -0.3 is 15.4 Å². The van der Waals surface area contributed by atoms with E-state index >= 15 is 0 Å². The van der Waals surface area contributed by atoms with Crippen molar-refractivity contribution in [1.82, 2.24) is 10.6 Å². The van der Waals surface area contributed by atoms with Gasteiger partial charge in [-0.3, -0.25) is 4.99 Å². The first-order valence-corrected chi connectivity index (χ1v) is 8.24. The fourth-order valence-corrected chi connectivity index (χ4v) is 2.45. The van der Waals surface area contributed by atoms with Crippen molar-refractivity contribution in [2.24, 2.45) is 4.99 Å². The Labute approximate surface area is 161 Å². The van der Waals surface area contributed by atoms with E-state index in [1.54, 1.807) is 7.11 Å².